The summed E-state index contributed by atoms with van der Waals surface area (Å²) in [6.07, 6.45) is 5.03. The molecule has 0 amide bonds. The number of fused-ring (bicyclic) bond motifs is 1. The van der Waals surface area contributed by atoms with Crippen molar-refractivity contribution >= 4 is 15.9 Å². The number of aryl methyl sites for hydroxylation is 2. The Kier molecular flexibility index (Phi) is 2.73. The van der Waals surface area contributed by atoms with Gasteiger partial charge in [0.25, 0.3) is 0 Å². The van der Waals surface area contributed by atoms with Gasteiger partial charge in [-0.2, -0.15) is 0 Å². The van der Waals surface area contributed by atoms with Crippen molar-refractivity contribution < 1.29 is 0 Å². The van der Waals surface area contributed by atoms with Crippen LogP contribution in [0.15, 0.2) is 18.2 Å². The summed E-state index contributed by atoms with van der Waals surface area (Å²) in [5.41, 5.74) is 4.54. The van der Waals surface area contributed by atoms with Crippen molar-refractivity contribution in [1.82, 2.24) is 0 Å². The van der Waals surface area contributed by atoms with Gasteiger partial charge in [-0.1, -0.05) is 41.1 Å². The Bertz CT molecular complexity index is 304. The van der Waals surface area contributed by atoms with Crippen LogP contribution in [0.25, 0.3) is 0 Å². The zero-order valence-corrected chi connectivity index (χ0v) is 9.60. The average Bonchev–Trinajstić information content (AvgIpc) is 2.18. The van der Waals surface area contributed by atoms with Gasteiger partial charge in [0.1, 0.15) is 0 Å². The van der Waals surface area contributed by atoms with Crippen LogP contribution in [-0.4, -0.2) is 0 Å². The van der Waals surface area contributed by atoms with E-state index in [1.165, 1.54) is 30.4 Å². The molecule has 0 aliphatic heterocycles. The lowest BCUT2D eigenvalue weighted by Crippen LogP contribution is -2.05. The molecule has 0 bridgehead atoms. The van der Waals surface area contributed by atoms with Gasteiger partial charge in [0.2, 0.25) is 0 Å². The molecule has 0 saturated heterocycles. The van der Waals surface area contributed by atoms with Crippen LogP contribution in [0.5, 0.6) is 0 Å². The summed E-state index contributed by atoms with van der Waals surface area (Å²) in [7, 11) is 0. The number of halogens is 1. The molecule has 1 aliphatic carbocycles. The van der Waals surface area contributed by atoms with E-state index >= 15 is 0 Å². The lowest BCUT2D eigenvalue weighted by molar-refractivity contribution is 0.679. The number of benzene rings is 1. The summed E-state index contributed by atoms with van der Waals surface area (Å²) in [5, 5.41) is 0. The van der Waals surface area contributed by atoms with Gasteiger partial charge < -0.3 is 0 Å². The Morgan fingerprint density at radius 1 is 1.46 bits per heavy atom. The van der Waals surface area contributed by atoms with E-state index < -0.39 is 0 Å². The predicted octanol–water partition coefficient (Wildman–Crippen LogP) is 4.02. The third kappa shape index (κ3) is 1.80. The molecule has 1 atom stereocenters. The van der Waals surface area contributed by atoms with Crippen LogP contribution in [0.3, 0.4) is 0 Å². The van der Waals surface area contributed by atoms with E-state index in [9.17, 15) is 0 Å². The zero-order valence-electron chi connectivity index (χ0n) is 8.02. The highest BCUT2D eigenvalue weighted by atomic mass is 79.9. The van der Waals surface area contributed by atoms with Crippen LogP contribution in [0.4, 0.5) is 0 Å². The van der Waals surface area contributed by atoms with Crippen LogP contribution in [0.2, 0.25) is 0 Å². The van der Waals surface area contributed by atoms with Gasteiger partial charge in [-0.05, 0) is 42.4 Å². The van der Waals surface area contributed by atoms with Crippen LogP contribution >= 0.6 is 15.9 Å². The normalized spacial score (nSPS) is 21.2. The number of hydrogen-bond acceptors (Lipinski definition) is 0. The van der Waals surface area contributed by atoms with Crippen LogP contribution in [0.1, 0.15) is 41.3 Å². The lowest BCUT2D eigenvalue weighted by Gasteiger charge is -2.21. The second-order valence-corrected chi connectivity index (χ2v) is 4.85. The number of alkyl halides is 1. The third-order valence-electron chi connectivity index (χ3n) is 2.86. The van der Waals surface area contributed by atoms with Crippen molar-refractivity contribution in [2.45, 2.75) is 37.4 Å². The Hall–Kier alpha value is -0.300. The minimum atomic E-state index is 0.600. The molecular weight excluding hydrogens is 224 g/mol. The summed E-state index contributed by atoms with van der Waals surface area (Å²) in [4.78, 5) is 0.600. The molecule has 1 heteroatoms. The van der Waals surface area contributed by atoms with Crippen molar-refractivity contribution in [3.05, 3.63) is 34.9 Å². The fourth-order valence-electron chi connectivity index (χ4n) is 2.01. The fraction of sp³-hybridized carbons (Fsp3) is 0.500. The van der Waals surface area contributed by atoms with E-state index in [-0.39, 0.29) is 0 Å². The predicted molar refractivity (Wildman–Crippen MR) is 60.4 cm³/mol. The topological polar surface area (TPSA) is 0 Å². The highest BCUT2D eigenvalue weighted by Crippen LogP contribution is 2.36. The standard InChI is InChI=1S/C12H15Br/c1-2-9-6-7-10-4-3-5-12(13)11(10)8-9/h6-8,12H,2-5H2,1H3. The molecule has 0 nitrogen and oxygen atoms in total. The van der Waals surface area contributed by atoms with Crippen LogP contribution < -0.4 is 0 Å². The van der Waals surface area contributed by atoms with Gasteiger partial charge in [-0.25, -0.2) is 0 Å². The Labute approximate surface area is 88.5 Å². The molecule has 1 aromatic rings. The molecule has 0 aromatic heterocycles. The van der Waals surface area contributed by atoms with Gasteiger partial charge in [0.15, 0.2) is 0 Å². The number of rotatable bonds is 1. The molecule has 1 aromatic carbocycles. The molecule has 0 N–H and O–H groups in total. The minimum absolute atomic E-state index is 0.600. The van der Waals surface area contributed by atoms with Crippen molar-refractivity contribution in [3.8, 4) is 0 Å². The molecule has 0 spiro atoms. The average molecular weight is 239 g/mol. The second kappa shape index (κ2) is 3.83. The van der Waals surface area contributed by atoms with E-state index in [0.717, 1.165) is 6.42 Å². The fourth-order valence-corrected chi connectivity index (χ4v) is 2.76. The maximum Gasteiger partial charge on any atom is 0.0398 e. The first-order chi connectivity index (χ1) is 6.31. The first-order valence-electron chi connectivity index (χ1n) is 5.07. The van der Waals surface area contributed by atoms with Crippen molar-refractivity contribution in [2.24, 2.45) is 0 Å². The third-order valence-corrected chi connectivity index (χ3v) is 3.81. The maximum atomic E-state index is 3.75. The Morgan fingerprint density at radius 2 is 2.31 bits per heavy atom. The van der Waals surface area contributed by atoms with Crippen LogP contribution in [-0.2, 0) is 12.8 Å². The summed E-state index contributed by atoms with van der Waals surface area (Å²) in [6.45, 7) is 2.22. The van der Waals surface area contributed by atoms with Crippen LogP contribution in [0, 0.1) is 0 Å². The first kappa shape index (κ1) is 9.26. The summed E-state index contributed by atoms with van der Waals surface area (Å²) in [6, 6.07) is 6.94. The molecule has 1 aliphatic rings. The number of hydrogen-bond donors (Lipinski definition) is 0. The molecule has 0 saturated carbocycles. The molecule has 13 heavy (non-hydrogen) atoms. The highest BCUT2D eigenvalue weighted by Gasteiger charge is 2.17. The van der Waals surface area contributed by atoms with Crippen molar-refractivity contribution in [1.29, 1.82) is 0 Å². The summed E-state index contributed by atoms with van der Waals surface area (Å²) < 4.78 is 0. The summed E-state index contributed by atoms with van der Waals surface area (Å²) in [5.74, 6) is 0. The SMILES string of the molecule is CCc1ccc2c(c1)C(Br)CCC2. The molecule has 0 fully saturated rings. The molecule has 2 rings (SSSR count). The second-order valence-electron chi connectivity index (χ2n) is 3.75. The lowest BCUT2D eigenvalue weighted by atomic mass is 9.90. The molecular formula is C12H15Br. The smallest absolute Gasteiger partial charge is 0.0398 e. The molecule has 0 radical (unpaired) electrons. The van der Waals surface area contributed by atoms with Crippen molar-refractivity contribution in [3.63, 3.8) is 0 Å². The highest BCUT2D eigenvalue weighted by molar-refractivity contribution is 9.09. The van der Waals surface area contributed by atoms with Gasteiger partial charge in [-0.3, -0.25) is 0 Å². The first-order valence-corrected chi connectivity index (χ1v) is 5.98. The summed E-state index contributed by atoms with van der Waals surface area (Å²) >= 11 is 3.75. The molecule has 70 valence electrons. The molecule has 1 unspecified atom stereocenters. The van der Waals surface area contributed by atoms with E-state index in [1.807, 2.05) is 0 Å². The van der Waals surface area contributed by atoms with Gasteiger partial charge in [0.05, 0.1) is 0 Å². The largest absolute Gasteiger partial charge is 0.0839 e. The van der Waals surface area contributed by atoms with Gasteiger partial charge in [0, 0.05) is 4.83 Å². The quantitative estimate of drug-likeness (QED) is 0.649. The minimum Gasteiger partial charge on any atom is -0.0839 e. The van der Waals surface area contributed by atoms with E-state index in [1.54, 1.807) is 5.56 Å². The van der Waals surface area contributed by atoms with Gasteiger partial charge in [-0.15, -0.1) is 0 Å². The van der Waals surface area contributed by atoms with E-state index in [2.05, 4.69) is 41.1 Å². The molecule has 0 heterocycles. The van der Waals surface area contributed by atoms with Crippen molar-refractivity contribution in [2.75, 3.05) is 0 Å². The van der Waals surface area contributed by atoms with E-state index in [4.69, 9.17) is 0 Å². The Balaban J connectivity index is 2.41. The monoisotopic (exact) mass is 238 g/mol. The zero-order chi connectivity index (χ0) is 9.26. The van der Waals surface area contributed by atoms with Gasteiger partial charge >= 0.3 is 0 Å². The Morgan fingerprint density at radius 3 is 3.08 bits per heavy atom. The maximum absolute atomic E-state index is 3.75. The van der Waals surface area contributed by atoms with E-state index in [0.29, 0.717) is 4.83 Å².